The van der Waals surface area contributed by atoms with Gasteiger partial charge in [0, 0.05) is 13.1 Å². The fourth-order valence-corrected chi connectivity index (χ4v) is 3.18. The first-order chi connectivity index (χ1) is 13.3. The molecule has 0 spiro atoms. The predicted octanol–water partition coefficient (Wildman–Crippen LogP) is -1.94. The van der Waals surface area contributed by atoms with Gasteiger partial charge in [0.05, 0.1) is 6.04 Å². The Morgan fingerprint density at radius 2 is 1.89 bits per heavy atom. The van der Waals surface area contributed by atoms with Crippen molar-refractivity contribution < 1.29 is 19.5 Å². The van der Waals surface area contributed by atoms with E-state index in [1.165, 1.54) is 4.90 Å². The van der Waals surface area contributed by atoms with Crippen LogP contribution in [0.15, 0.2) is 4.99 Å². The third kappa shape index (κ3) is 7.69. The Kier molecular flexibility index (Phi) is 10.2. The van der Waals surface area contributed by atoms with Crippen molar-refractivity contribution in [2.24, 2.45) is 27.9 Å². The molecule has 0 aliphatic carbocycles. The van der Waals surface area contributed by atoms with Crippen molar-refractivity contribution in [3.63, 3.8) is 0 Å². The molecular weight excluding hydrogens is 366 g/mol. The number of unbranched alkanes of at least 4 members (excludes halogenated alkanes) is 1. The Morgan fingerprint density at radius 1 is 1.18 bits per heavy atom. The fourth-order valence-electron chi connectivity index (χ4n) is 3.18. The number of aliphatic imine (C=N–C) groups is 1. The fraction of sp³-hybridized carbons (Fsp3) is 0.765. The number of amides is 2. The van der Waals surface area contributed by atoms with Crippen molar-refractivity contribution in [2.75, 3.05) is 19.6 Å². The molecule has 11 heteroatoms. The first kappa shape index (κ1) is 23.6. The molecule has 0 aromatic heterocycles. The normalized spacial score (nSPS) is 18.4. The summed E-state index contributed by atoms with van der Waals surface area (Å²) in [5.41, 5.74) is 21.9. The molecule has 3 atom stereocenters. The third-order valence-electron chi connectivity index (χ3n) is 4.68. The maximum Gasteiger partial charge on any atom is 0.326 e. The Hall–Kier alpha value is -2.40. The van der Waals surface area contributed by atoms with Crippen LogP contribution in [-0.4, -0.2) is 71.5 Å². The predicted molar refractivity (Wildman–Crippen MR) is 105 cm³/mol. The van der Waals surface area contributed by atoms with E-state index in [9.17, 15) is 19.5 Å². The van der Waals surface area contributed by atoms with E-state index in [0.717, 1.165) is 12.8 Å². The Balaban J connectivity index is 2.62. The molecular formula is C17H33N7O4. The highest BCUT2D eigenvalue weighted by Gasteiger charge is 2.37. The topological polar surface area (TPSA) is 203 Å². The zero-order valence-electron chi connectivity index (χ0n) is 16.2. The van der Waals surface area contributed by atoms with Crippen molar-refractivity contribution in [3.05, 3.63) is 0 Å². The summed E-state index contributed by atoms with van der Waals surface area (Å²) in [5.74, 6) is -1.98. The highest BCUT2D eigenvalue weighted by molar-refractivity contribution is 5.92. The molecule has 0 radical (unpaired) electrons. The van der Waals surface area contributed by atoms with E-state index in [1.54, 1.807) is 0 Å². The number of likely N-dealkylation sites (tertiary alicyclic amines) is 1. The summed E-state index contributed by atoms with van der Waals surface area (Å²) in [6.07, 6.45) is 3.75. The van der Waals surface area contributed by atoms with Crippen LogP contribution >= 0.6 is 0 Å². The van der Waals surface area contributed by atoms with Gasteiger partial charge in [-0.25, -0.2) is 4.79 Å². The number of carbonyl (C=O) groups is 3. The summed E-state index contributed by atoms with van der Waals surface area (Å²) >= 11 is 0. The number of nitrogens with one attached hydrogen (secondary N) is 1. The van der Waals surface area contributed by atoms with Crippen LogP contribution in [0.4, 0.5) is 0 Å². The molecule has 11 nitrogen and oxygen atoms in total. The molecule has 10 N–H and O–H groups in total. The van der Waals surface area contributed by atoms with E-state index in [2.05, 4.69) is 10.3 Å². The number of carboxylic acids is 1. The number of carboxylic acid groups (broad SMARTS) is 1. The summed E-state index contributed by atoms with van der Waals surface area (Å²) in [4.78, 5) is 41.9. The number of hydrogen-bond donors (Lipinski definition) is 6. The van der Waals surface area contributed by atoms with Gasteiger partial charge in [-0.2, -0.15) is 0 Å². The Bertz CT molecular complexity index is 566. The van der Waals surface area contributed by atoms with Crippen LogP contribution < -0.4 is 28.3 Å². The molecule has 0 aromatic carbocycles. The number of aliphatic carboxylic acids is 1. The quantitative estimate of drug-likeness (QED) is 0.123. The third-order valence-corrected chi connectivity index (χ3v) is 4.68. The number of guanidine groups is 1. The molecule has 1 aliphatic rings. The average Bonchev–Trinajstić information content (AvgIpc) is 3.12. The van der Waals surface area contributed by atoms with E-state index in [4.69, 9.17) is 22.9 Å². The van der Waals surface area contributed by atoms with E-state index in [-0.39, 0.29) is 24.8 Å². The van der Waals surface area contributed by atoms with Gasteiger partial charge >= 0.3 is 5.97 Å². The number of nitrogens with two attached hydrogens (primary N) is 4. The Morgan fingerprint density at radius 3 is 2.50 bits per heavy atom. The Labute approximate surface area is 164 Å². The SMILES string of the molecule is NCCCC[C@H](N)C(=O)N1CCC[C@H]1C(=O)N[C@@H](CCCN=C(N)N)C(=O)O. The molecule has 0 bridgehead atoms. The second-order valence-electron chi connectivity index (χ2n) is 6.93. The van der Waals surface area contributed by atoms with Gasteiger partial charge in [-0.1, -0.05) is 6.42 Å². The number of carbonyl (C=O) groups excluding carboxylic acids is 2. The molecule has 0 aromatic rings. The lowest BCUT2D eigenvalue weighted by Crippen LogP contribution is -2.53. The number of nitrogens with zero attached hydrogens (tertiary/aromatic N) is 2. The van der Waals surface area contributed by atoms with Crippen molar-refractivity contribution >= 4 is 23.7 Å². The lowest BCUT2D eigenvalue weighted by atomic mass is 10.1. The van der Waals surface area contributed by atoms with Crippen LogP contribution in [0.3, 0.4) is 0 Å². The van der Waals surface area contributed by atoms with Gasteiger partial charge in [0.1, 0.15) is 12.1 Å². The van der Waals surface area contributed by atoms with Gasteiger partial charge in [0.15, 0.2) is 5.96 Å². The van der Waals surface area contributed by atoms with Gasteiger partial charge < -0.3 is 38.3 Å². The number of hydrogen-bond acceptors (Lipinski definition) is 6. The standard InChI is InChI=1S/C17H33N7O4/c18-8-2-1-5-11(19)15(26)24-10-4-7-13(24)14(25)23-12(16(27)28)6-3-9-22-17(20)21/h11-13H,1-10,18-19H2,(H,23,25)(H,27,28)(H4,20,21,22)/t11-,12-,13-/m0/s1. The average molecular weight is 399 g/mol. The summed E-state index contributed by atoms with van der Waals surface area (Å²) in [5, 5.41) is 11.9. The van der Waals surface area contributed by atoms with Crippen molar-refractivity contribution in [2.45, 2.75) is 63.1 Å². The zero-order chi connectivity index (χ0) is 21.1. The minimum atomic E-state index is -1.15. The number of rotatable bonds is 12. The summed E-state index contributed by atoms with van der Waals surface area (Å²) in [7, 11) is 0. The van der Waals surface area contributed by atoms with Gasteiger partial charge in [-0.15, -0.1) is 0 Å². The smallest absolute Gasteiger partial charge is 0.326 e. The molecule has 2 amide bonds. The maximum absolute atomic E-state index is 12.6. The maximum atomic E-state index is 12.6. The van der Waals surface area contributed by atoms with Gasteiger partial charge in [0.2, 0.25) is 11.8 Å². The second-order valence-corrected chi connectivity index (χ2v) is 6.93. The molecule has 1 heterocycles. The summed E-state index contributed by atoms with van der Waals surface area (Å²) in [6, 6.07) is -2.46. The molecule has 1 aliphatic heterocycles. The monoisotopic (exact) mass is 399 g/mol. The summed E-state index contributed by atoms with van der Waals surface area (Å²) < 4.78 is 0. The minimum Gasteiger partial charge on any atom is -0.480 e. The van der Waals surface area contributed by atoms with Crippen molar-refractivity contribution in [1.29, 1.82) is 0 Å². The molecule has 160 valence electrons. The van der Waals surface area contributed by atoms with E-state index >= 15 is 0 Å². The van der Waals surface area contributed by atoms with Crippen LogP contribution in [0.1, 0.15) is 44.9 Å². The van der Waals surface area contributed by atoms with Crippen LogP contribution in [0.2, 0.25) is 0 Å². The van der Waals surface area contributed by atoms with E-state index in [1.807, 2.05) is 0 Å². The summed E-state index contributed by atoms with van der Waals surface area (Å²) in [6.45, 7) is 1.24. The molecule has 1 fully saturated rings. The highest BCUT2D eigenvalue weighted by Crippen LogP contribution is 2.19. The molecule has 0 unspecified atom stereocenters. The molecule has 0 saturated carbocycles. The first-order valence-corrected chi connectivity index (χ1v) is 9.62. The van der Waals surface area contributed by atoms with Crippen molar-refractivity contribution in [3.8, 4) is 0 Å². The largest absolute Gasteiger partial charge is 0.480 e. The molecule has 1 saturated heterocycles. The van der Waals surface area contributed by atoms with Gasteiger partial charge in [-0.05, 0) is 45.1 Å². The molecule has 1 rings (SSSR count). The van der Waals surface area contributed by atoms with Crippen LogP contribution in [0.25, 0.3) is 0 Å². The van der Waals surface area contributed by atoms with Gasteiger partial charge in [0.25, 0.3) is 0 Å². The molecule has 28 heavy (non-hydrogen) atoms. The minimum absolute atomic E-state index is 0.0705. The van der Waals surface area contributed by atoms with Crippen LogP contribution in [0, 0.1) is 0 Å². The van der Waals surface area contributed by atoms with Crippen LogP contribution in [0.5, 0.6) is 0 Å². The second kappa shape index (κ2) is 12.1. The van der Waals surface area contributed by atoms with Crippen molar-refractivity contribution in [1.82, 2.24) is 10.2 Å². The zero-order valence-corrected chi connectivity index (χ0v) is 16.2. The van der Waals surface area contributed by atoms with E-state index in [0.29, 0.717) is 38.8 Å². The van der Waals surface area contributed by atoms with E-state index < -0.39 is 30.0 Å². The lowest BCUT2D eigenvalue weighted by Gasteiger charge is -2.27. The van der Waals surface area contributed by atoms with Gasteiger partial charge in [-0.3, -0.25) is 14.6 Å². The van der Waals surface area contributed by atoms with Crippen LogP contribution in [-0.2, 0) is 14.4 Å². The highest BCUT2D eigenvalue weighted by atomic mass is 16.4. The lowest BCUT2D eigenvalue weighted by molar-refractivity contribution is -0.144. The first-order valence-electron chi connectivity index (χ1n) is 9.62.